The fourth-order valence-electron chi connectivity index (χ4n) is 1.73. The maximum atomic E-state index is 13.0. The molecule has 0 aliphatic rings. The van der Waals surface area contributed by atoms with Gasteiger partial charge in [-0.2, -0.15) is 0 Å². The van der Waals surface area contributed by atoms with E-state index in [-0.39, 0.29) is 5.82 Å². The highest BCUT2D eigenvalue weighted by Gasteiger charge is 2.20. The number of nitrogens with zero attached hydrogens (tertiary/aromatic N) is 1. The number of carbonyl (C=O) groups is 1. The van der Waals surface area contributed by atoms with E-state index < -0.39 is 12.0 Å². The third kappa shape index (κ3) is 4.09. The zero-order valence-electron chi connectivity index (χ0n) is 10.9. The van der Waals surface area contributed by atoms with Gasteiger partial charge in [0.25, 0.3) is 0 Å². The predicted octanol–water partition coefficient (Wildman–Crippen LogP) is 1.41. The summed E-state index contributed by atoms with van der Waals surface area (Å²) in [6.45, 7) is 3.01. The van der Waals surface area contributed by atoms with Crippen molar-refractivity contribution in [2.75, 3.05) is 27.2 Å². The first-order valence-corrected chi connectivity index (χ1v) is 5.78. The third-order valence-corrected chi connectivity index (χ3v) is 2.70. The van der Waals surface area contributed by atoms with Crippen LogP contribution in [0.25, 0.3) is 0 Å². The van der Waals surface area contributed by atoms with E-state index in [9.17, 15) is 14.3 Å². The largest absolute Gasteiger partial charge is 0.480 e. The minimum Gasteiger partial charge on any atom is -0.480 e. The zero-order chi connectivity index (χ0) is 13.7. The molecule has 0 fully saturated rings. The molecular formula is C13H19FN2O2. The Hall–Kier alpha value is -1.46. The lowest BCUT2D eigenvalue weighted by molar-refractivity contribution is -0.139. The first-order valence-electron chi connectivity index (χ1n) is 5.78. The molecule has 0 spiro atoms. The monoisotopic (exact) mass is 254 g/mol. The Morgan fingerprint density at radius 3 is 2.67 bits per heavy atom. The maximum absolute atomic E-state index is 13.0. The van der Waals surface area contributed by atoms with Crippen LogP contribution in [-0.2, 0) is 4.79 Å². The molecule has 1 unspecified atom stereocenters. The predicted molar refractivity (Wildman–Crippen MR) is 68.1 cm³/mol. The molecule has 0 aromatic heterocycles. The fraction of sp³-hybridized carbons (Fsp3) is 0.462. The molecule has 1 aromatic carbocycles. The van der Waals surface area contributed by atoms with Crippen LogP contribution in [-0.4, -0.2) is 43.2 Å². The number of benzene rings is 1. The number of aryl methyl sites for hydroxylation is 1. The fourth-order valence-corrected chi connectivity index (χ4v) is 1.73. The second-order valence-electron chi connectivity index (χ2n) is 4.53. The number of rotatable bonds is 6. The van der Waals surface area contributed by atoms with Gasteiger partial charge >= 0.3 is 5.97 Å². The van der Waals surface area contributed by atoms with E-state index in [1.807, 2.05) is 19.0 Å². The van der Waals surface area contributed by atoms with E-state index in [1.165, 1.54) is 18.2 Å². The SMILES string of the molecule is Cc1cc(F)ccc1C(NCCN(C)C)C(=O)O. The molecule has 18 heavy (non-hydrogen) atoms. The van der Waals surface area contributed by atoms with Crippen molar-refractivity contribution in [3.63, 3.8) is 0 Å². The van der Waals surface area contributed by atoms with Gasteiger partial charge in [0.15, 0.2) is 0 Å². The quantitative estimate of drug-likeness (QED) is 0.806. The number of carboxylic acids is 1. The highest BCUT2D eigenvalue weighted by atomic mass is 19.1. The number of halogens is 1. The van der Waals surface area contributed by atoms with Crippen LogP contribution in [0.5, 0.6) is 0 Å². The summed E-state index contributed by atoms with van der Waals surface area (Å²) in [5, 5.41) is 12.2. The average Bonchev–Trinajstić information content (AvgIpc) is 2.25. The molecule has 0 saturated heterocycles. The number of aliphatic carboxylic acids is 1. The van der Waals surface area contributed by atoms with E-state index in [0.29, 0.717) is 17.7 Å². The average molecular weight is 254 g/mol. The summed E-state index contributed by atoms with van der Waals surface area (Å²) in [7, 11) is 3.83. The van der Waals surface area contributed by atoms with E-state index in [2.05, 4.69) is 5.32 Å². The van der Waals surface area contributed by atoms with Crippen LogP contribution in [0.4, 0.5) is 4.39 Å². The second kappa shape index (κ2) is 6.47. The Balaban J connectivity index is 2.81. The molecule has 5 heteroatoms. The van der Waals surface area contributed by atoms with Gasteiger partial charge in [0.05, 0.1) is 0 Å². The number of hydrogen-bond acceptors (Lipinski definition) is 3. The Kier molecular flexibility index (Phi) is 5.25. The van der Waals surface area contributed by atoms with Gasteiger partial charge in [-0.1, -0.05) is 6.07 Å². The van der Waals surface area contributed by atoms with Gasteiger partial charge in [-0.25, -0.2) is 4.39 Å². The van der Waals surface area contributed by atoms with Gasteiger partial charge in [-0.15, -0.1) is 0 Å². The number of carboxylic acid groups (broad SMARTS) is 1. The summed E-state index contributed by atoms with van der Waals surface area (Å²) >= 11 is 0. The normalized spacial score (nSPS) is 12.7. The van der Waals surface area contributed by atoms with Crippen LogP contribution in [0, 0.1) is 12.7 Å². The summed E-state index contributed by atoms with van der Waals surface area (Å²) in [5.41, 5.74) is 1.24. The molecule has 0 amide bonds. The van der Waals surface area contributed by atoms with Crippen LogP contribution in [0.1, 0.15) is 17.2 Å². The lowest BCUT2D eigenvalue weighted by Crippen LogP contribution is -2.34. The first-order chi connectivity index (χ1) is 8.41. The van der Waals surface area contributed by atoms with Crippen molar-refractivity contribution < 1.29 is 14.3 Å². The van der Waals surface area contributed by atoms with E-state index in [1.54, 1.807) is 6.92 Å². The third-order valence-electron chi connectivity index (χ3n) is 2.70. The van der Waals surface area contributed by atoms with Gasteiger partial charge in [0.2, 0.25) is 0 Å². The lowest BCUT2D eigenvalue weighted by atomic mass is 10.0. The summed E-state index contributed by atoms with van der Waals surface area (Å²) in [6.07, 6.45) is 0. The van der Waals surface area contributed by atoms with Gasteiger partial charge in [-0.05, 0) is 44.3 Å². The molecular weight excluding hydrogens is 235 g/mol. The zero-order valence-corrected chi connectivity index (χ0v) is 10.9. The number of hydrogen-bond donors (Lipinski definition) is 2. The summed E-state index contributed by atoms with van der Waals surface area (Å²) in [4.78, 5) is 13.2. The standard InChI is InChI=1S/C13H19FN2O2/c1-9-8-10(14)4-5-11(9)12(13(17)18)15-6-7-16(2)3/h4-5,8,12,15H,6-7H2,1-3H3,(H,17,18). The molecule has 1 rings (SSSR count). The Morgan fingerprint density at radius 1 is 1.50 bits per heavy atom. The number of nitrogens with one attached hydrogen (secondary N) is 1. The van der Waals surface area contributed by atoms with Crippen molar-refractivity contribution in [1.29, 1.82) is 0 Å². The van der Waals surface area contributed by atoms with Crippen molar-refractivity contribution in [2.24, 2.45) is 0 Å². The minimum atomic E-state index is -0.955. The van der Waals surface area contributed by atoms with Crippen molar-refractivity contribution in [1.82, 2.24) is 10.2 Å². The van der Waals surface area contributed by atoms with Gasteiger partial charge in [-0.3, -0.25) is 10.1 Å². The van der Waals surface area contributed by atoms with Gasteiger partial charge < -0.3 is 10.0 Å². The van der Waals surface area contributed by atoms with Crippen molar-refractivity contribution in [2.45, 2.75) is 13.0 Å². The van der Waals surface area contributed by atoms with Crippen LogP contribution in [0.2, 0.25) is 0 Å². The Labute approximate surface area is 106 Å². The molecule has 0 radical (unpaired) electrons. The molecule has 4 nitrogen and oxygen atoms in total. The molecule has 0 aliphatic heterocycles. The lowest BCUT2D eigenvalue weighted by Gasteiger charge is -2.18. The smallest absolute Gasteiger partial charge is 0.325 e. The molecule has 0 saturated carbocycles. The maximum Gasteiger partial charge on any atom is 0.325 e. The van der Waals surface area contributed by atoms with Crippen LogP contribution < -0.4 is 5.32 Å². The van der Waals surface area contributed by atoms with Gasteiger partial charge in [0, 0.05) is 13.1 Å². The molecule has 100 valence electrons. The molecule has 2 N–H and O–H groups in total. The molecule has 1 atom stereocenters. The first kappa shape index (κ1) is 14.6. The molecule has 0 aliphatic carbocycles. The van der Waals surface area contributed by atoms with Crippen LogP contribution in [0.3, 0.4) is 0 Å². The summed E-state index contributed by atoms with van der Waals surface area (Å²) in [6, 6.07) is 3.35. The molecule has 0 bridgehead atoms. The van der Waals surface area contributed by atoms with Crippen LogP contribution in [0.15, 0.2) is 18.2 Å². The van der Waals surface area contributed by atoms with Crippen molar-refractivity contribution in [3.05, 3.63) is 35.1 Å². The molecule has 1 aromatic rings. The van der Waals surface area contributed by atoms with Crippen LogP contribution >= 0.6 is 0 Å². The van der Waals surface area contributed by atoms with E-state index in [0.717, 1.165) is 6.54 Å². The second-order valence-corrected chi connectivity index (χ2v) is 4.53. The minimum absolute atomic E-state index is 0.353. The highest BCUT2D eigenvalue weighted by Crippen LogP contribution is 2.18. The topological polar surface area (TPSA) is 52.6 Å². The van der Waals surface area contributed by atoms with E-state index in [4.69, 9.17) is 0 Å². The molecule has 0 heterocycles. The van der Waals surface area contributed by atoms with Gasteiger partial charge in [0.1, 0.15) is 11.9 Å². The van der Waals surface area contributed by atoms with E-state index >= 15 is 0 Å². The Morgan fingerprint density at radius 2 is 2.17 bits per heavy atom. The highest BCUT2D eigenvalue weighted by molar-refractivity contribution is 5.76. The summed E-state index contributed by atoms with van der Waals surface area (Å²) < 4.78 is 13.0. The Bertz CT molecular complexity index is 421. The van der Waals surface area contributed by atoms with Crippen molar-refractivity contribution >= 4 is 5.97 Å². The van der Waals surface area contributed by atoms with Crippen molar-refractivity contribution in [3.8, 4) is 0 Å². The summed E-state index contributed by atoms with van der Waals surface area (Å²) in [5.74, 6) is -1.31. The number of likely N-dealkylation sites (N-methyl/N-ethyl adjacent to an activating group) is 1.